The van der Waals surface area contributed by atoms with Crippen molar-refractivity contribution in [3.63, 3.8) is 0 Å². The predicted octanol–water partition coefficient (Wildman–Crippen LogP) is 3.56. The molecule has 1 fully saturated rings. The summed E-state index contributed by atoms with van der Waals surface area (Å²) in [5.41, 5.74) is 9.11. The molecular formula is C17H25NO. The van der Waals surface area contributed by atoms with Crippen LogP contribution in [-0.4, -0.2) is 12.6 Å². The summed E-state index contributed by atoms with van der Waals surface area (Å²) in [6.07, 6.45) is 9.08. The van der Waals surface area contributed by atoms with E-state index in [1.807, 2.05) is 0 Å². The fraction of sp³-hybridized carbons (Fsp3) is 0.647. The van der Waals surface area contributed by atoms with Crippen LogP contribution in [0.5, 0.6) is 5.75 Å². The summed E-state index contributed by atoms with van der Waals surface area (Å²) in [6.45, 7) is 2.93. The average molecular weight is 259 g/mol. The van der Waals surface area contributed by atoms with E-state index >= 15 is 0 Å². The summed E-state index contributed by atoms with van der Waals surface area (Å²) in [6, 6.07) is 6.85. The van der Waals surface area contributed by atoms with Crippen LogP contribution in [0.15, 0.2) is 18.2 Å². The fourth-order valence-corrected chi connectivity index (χ4v) is 3.67. The molecule has 0 radical (unpaired) electrons. The Morgan fingerprint density at radius 3 is 2.79 bits per heavy atom. The summed E-state index contributed by atoms with van der Waals surface area (Å²) in [4.78, 5) is 0. The fourth-order valence-electron chi connectivity index (χ4n) is 3.67. The zero-order valence-electron chi connectivity index (χ0n) is 12.0. The van der Waals surface area contributed by atoms with Crippen LogP contribution in [-0.2, 0) is 11.8 Å². The molecule has 1 aliphatic heterocycles. The van der Waals surface area contributed by atoms with Gasteiger partial charge in [-0.1, -0.05) is 31.4 Å². The second-order valence-electron chi connectivity index (χ2n) is 6.33. The van der Waals surface area contributed by atoms with E-state index in [-0.39, 0.29) is 5.41 Å². The SMILES string of the molecule is CC1CCc2ccc(C3(CN)CCCCC3)cc2O1. The first kappa shape index (κ1) is 13.0. The minimum Gasteiger partial charge on any atom is -0.490 e. The average Bonchev–Trinajstić information content (AvgIpc) is 2.47. The van der Waals surface area contributed by atoms with Crippen LogP contribution in [0, 0.1) is 0 Å². The molecule has 1 saturated carbocycles. The van der Waals surface area contributed by atoms with Crippen molar-refractivity contribution in [1.82, 2.24) is 0 Å². The Kier molecular flexibility index (Phi) is 3.53. The first-order valence-corrected chi connectivity index (χ1v) is 7.74. The van der Waals surface area contributed by atoms with Crippen molar-refractivity contribution in [2.45, 2.75) is 63.4 Å². The number of fused-ring (bicyclic) bond motifs is 1. The highest BCUT2D eigenvalue weighted by molar-refractivity contribution is 5.42. The first-order chi connectivity index (χ1) is 9.23. The highest BCUT2D eigenvalue weighted by Gasteiger charge is 2.33. The van der Waals surface area contributed by atoms with Crippen LogP contribution in [0.3, 0.4) is 0 Å². The number of hydrogen-bond donors (Lipinski definition) is 1. The van der Waals surface area contributed by atoms with Crippen LogP contribution in [0.25, 0.3) is 0 Å². The third-order valence-electron chi connectivity index (χ3n) is 5.03. The van der Waals surface area contributed by atoms with Gasteiger partial charge >= 0.3 is 0 Å². The lowest BCUT2D eigenvalue weighted by Gasteiger charge is -2.37. The Morgan fingerprint density at radius 1 is 1.26 bits per heavy atom. The lowest BCUT2D eigenvalue weighted by molar-refractivity contribution is 0.191. The molecule has 1 aromatic rings. The Bertz CT molecular complexity index is 449. The molecule has 0 bridgehead atoms. The summed E-state index contributed by atoms with van der Waals surface area (Å²) >= 11 is 0. The molecule has 3 rings (SSSR count). The number of rotatable bonds is 2. The van der Waals surface area contributed by atoms with Gasteiger partial charge in [0.1, 0.15) is 5.75 Å². The lowest BCUT2D eigenvalue weighted by Crippen LogP contribution is -2.37. The molecule has 1 aromatic carbocycles. The van der Waals surface area contributed by atoms with E-state index in [9.17, 15) is 0 Å². The van der Waals surface area contributed by atoms with Crippen molar-refractivity contribution in [3.8, 4) is 5.75 Å². The number of aryl methyl sites for hydroxylation is 1. The second-order valence-corrected chi connectivity index (χ2v) is 6.33. The Balaban J connectivity index is 1.94. The molecule has 0 aromatic heterocycles. The molecular weight excluding hydrogens is 234 g/mol. The molecule has 1 unspecified atom stereocenters. The molecule has 1 atom stereocenters. The maximum absolute atomic E-state index is 6.13. The highest BCUT2D eigenvalue weighted by Crippen LogP contribution is 2.41. The van der Waals surface area contributed by atoms with Crippen molar-refractivity contribution in [1.29, 1.82) is 0 Å². The normalized spacial score (nSPS) is 25.5. The molecule has 104 valence electrons. The van der Waals surface area contributed by atoms with Gasteiger partial charge in [-0.15, -0.1) is 0 Å². The first-order valence-electron chi connectivity index (χ1n) is 7.74. The van der Waals surface area contributed by atoms with Crippen molar-refractivity contribution in [2.24, 2.45) is 5.73 Å². The van der Waals surface area contributed by atoms with Crippen LogP contribution >= 0.6 is 0 Å². The maximum atomic E-state index is 6.13. The molecule has 0 amide bonds. The van der Waals surface area contributed by atoms with Crippen LogP contribution in [0.2, 0.25) is 0 Å². The molecule has 1 heterocycles. The number of benzene rings is 1. The van der Waals surface area contributed by atoms with Gasteiger partial charge in [-0.3, -0.25) is 0 Å². The summed E-state index contributed by atoms with van der Waals surface area (Å²) in [7, 11) is 0. The number of nitrogens with two attached hydrogens (primary N) is 1. The van der Waals surface area contributed by atoms with Gasteiger partial charge in [0, 0.05) is 12.0 Å². The van der Waals surface area contributed by atoms with E-state index < -0.39 is 0 Å². The molecule has 1 aliphatic carbocycles. The smallest absolute Gasteiger partial charge is 0.123 e. The molecule has 2 nitrogen and oxygen atoms in total. The molecule has 2 N–H and O–H groups in total. The van der Waals surface area contributed by atoms with Crippen molar-refractivity contribution >= 4 is 0 Å². The monoisotopic (exact) mass is 259 g/mol. The van der Waals surface area contributed by atoms with Gasteiger partial charge < -0.3 is 10.5 Å². The zero-order valence-corrected chi connectivity index (χ0v) is 12.0. The van der Waals surface area contributed by atoms with E-state index in [0.29, 0.717) is 6.10 Å². The Hall–Kier alpha value is -1.02. The van der Waals surface area contributed by atoms with Gasteiger partial charge in [0.2, 0.25) is 0 Å². The molecule has 19 heavy (non-hydrogen) atoms. The third-order valence-corrected chi connectivity index (χ3v) is 5.03. The van der Waals surface area contributed by atoms with Gasteiger partial charge in [0.15, 0.2) is 0 Å². The van der Waals surface area contributed by atoms with Crippen LogP contribution in [0.1, 0.15) is 56.6 Å². The Labute approximate surface area is 116 Å². The van der Waals surface area contributed by atoms with Gasteiger partial charge in [0.05, 0.1) is 6.10 Å². The van der Waals surface area contributed by atoms with E-state index in [1.165, 1.54) is 43.2 Å². The zero-order chi connectivity index (χ0) is 13.3. The predicted molar refractivity (Wildman–Crippen MR) is 78.7 cm³/mol. The standard InChI is InChI=1S/C17H25NO/c1-13-5-6-14-7-8-15(11-16(14)19-13)17(12-18)9-3-2-4-10-17/h7-8,11,13H,2-6,9-10,12,18H2,1H3. The quantitative estimate of drug-likeness (QED) is 0.881. The minimum atomic E-state index is 0.206. The summed E-state index contributed by atoms with van der Waals surface area (Å²) in [5, 5.41) is 0. The van der Waals surface area contributed by atoms with Crippen LogP contribution < -0.4 is 10.5 Å². The highest BCUT2D eigenvalue weighted by atomic mass is 16.5. The van der Waals surface area contributed by atoms with E-state index in [1.54, 1.807) is 0 Å². The number of hydrogen-bond acceptors (Lipinski definition) is 2. The van der Waals surface area contributed by atoms with Gasteiger partial charge in [0.25, 0.3) is 0 Å². The largest absolute Gasteiger partial charge is 0.490 e. The van der Waals surface area contributed by atoms with Crippen molar-refractivity contribution < 1.29 is 4.74 Å². The molecule has 0 spiro atoms. The van der Waals surface area contributed by atoms with E-state index in [2.05, 4.69) is 25.1 Å². The molecule has 2 heteroatoms. The molecule has 0 saturated heterocycles. The maximum Gasteiger partial charge on any atom is 0.123 e. The van der Waals surface area contributed by atoms with E-state index in [0.717, 1.165) is 25.1 Å². The van der Waals surface area contributed by atoms with Gasteiger partial charge in [-0.25, -0.2) is 0 Å². The number of ether oxygens (including phenoxy) is 1. The Morgan fingerprint density at radius 2 is 2.05 bits per heavy atom. The van der Waals surface area contributed by atoms with Crippen molar-refractivity contribution in [2.75, 3.05) is 6.54 Å². The third kappa shape index (κ3) is 2.38. The molecule has 2 aliphatic rings. The second kappa shape index (κ2) is 5.16. The lowest BCUT2D eigenvalue weighted by atomic mass is 9.69. The topological polar surface area (TPSA) is 35.2 Å². The van der Waals surface area contributed by atoms with Crippen molar-refractivity contribution in [3.05, 3.63) is 29.3 Å². The van der Waals surface area contributed by atoms with E-state index in [4.69, 9.17) is 10.5 Å². The minimum absolute atomic E-state index is 0.206. The summed E-state index contributed by atoms with van der Waals surface area (Å²) in [5.74, 6) is 1.11. The van der Waals surface area contributed by atoms with Gasteiger partial charge in [-0.2, -0.15) is 0 Å². The van der Waals surface area contributed by atoms with Gasteiger partial charge in [-0.05, 0) is 49.8 Å². The summed E-state index contributed by atoms with van der Waals surface area (Å²) < 4.78 is 6.01. The van der Waals surface area contributed by atoms with Crippen LogP contribution in [0.4, 0.5) is 0 Å².